The van der Waals surface area contributed by atoms with Gasteiger partial charge in [-0.3, -0.25) is 0 Å². The van der Waals surface area contributed by atoms with E-state index in [0.717, 1.165) is 0 Å². The van der Waals surface area contributed by atoms with Crippen molar-refractivity contribution in [2.24, 2.45) is 0 Å². The van der Waals surface area contributed by atoms with Crippen molar-refractivity contribution in [3.63, 3.8) is 0 Å². The van der Waals surface area contributed by atoms with Crippen LogP contribution in [0.3, 0.4) is 0 Å². The van der Waals surface area contributed by atoms with Crippen LogP contribution in [0.2, 0.25) is 0 Å². The topological polar surface area (TPSA) is 229 Å². The molecule has 0 aliphatic carbocycles. The van der Waals surface area contributed by atoms with E-state index in [2.05, 4.69) is 0 Å². The number of aliphatic carboxylic acids is 4. The molecule has 0 spiro atoms. The van der Waals surface area contributed by atoms with Crippen LogP contribution < -0.4 is 26.6 Å². The zero-order valence-corrected chi connectivity index (χ0v) is 8.22. The van der Waals surface area contributed by atoms with Crippen LogP contribution in [0.15, 0.2) is 0 Å². The van der Waals surface area contributed by atoms with Crippen LogP contribution in [-0.4, -0.2) is 29.4 Å². The van der Waals surface area contributed by atoms with Gasteiger partial charge in [-0.25, -0.2) is 0 Å². The summed E-state index contributed by atoms with van der Waals surface area (Å²) < 4.78 is 0. The molecule has 6 N–H and O–H groups in total. The van der Waals surface area contributed by atoms with Crippen LogP contribution >= 0.6 is 0 Å². The molecule has 0 aromatic rings. The number of carbonyl (C=O) groups is 4. The molecule has 0 atom stereocenters. The maximum absolute atomic E-state index is 8.93. The molecular weight excluding hydrogens is 262 g/mol. The molecule has 0 saturated heterocycles. The van der Waals surface area contributed by atoms with Gasteiger partial charge >= 0.3 is 17.1 Å². The maximum atomic E-state index is 8.93. The molecule has 0 aromatic carbocycles. The summed E-state index contributed by atoms with van der Waals surface area (Å²) in [4.78, 5) is 35.7. The number of quaternary nitrogens is 1. The van der Waals surface area contributed by atoms with Crippen molar-refractivity contribution in [1.82, 2.24) is 6.15 Å². The van der Waals surface area contributed by atoms with Crippen LogP contribution in [0.5, 0.6) is 0 Å². The molecule has 0 bridgehead atoms. The number of carboxylic acids is 4. The quantitative estimate of drug-likeness (QED) is 0.326. The average molecular weight is 268 g/mol. The predicted molar refractivity (Wildman–Crippen MR) is 29.6 cm³/mol. The van der Waals surface area contributed by atoms with Crippen molar-refractivity contribution in [3.8, 4) is 0 Å². The van der Waals surface area contributed by atoms with Gasteiger partial charge in [-0.15, -0.1) is 0 Å². The SMILES string of the molecule is O.O=C([O-])C(=O)[O-].O=C([O-])C(=O)[O-].[Fe+3].[NH4+]. The van der Waals surface area contributed by atoms with E-state index in [9.17, 15) is 0 Å². The van der Waals surface area contributed by atoms with Gasteiger partial charge in [0, 0.05) is 0 Å². The summed E-state index contributed by atoms with van der Waals surface area (Å²) in [7, 11) is 0. The molecule has 11 heteroatoms. The molecule has 89 valence electrons. The number of carboxylic acid groups (broad SMARTS) is 4. The summed E-state index contributed by atoms with van der Waals surface area (Å²) in [6, 6.07) is 0. The van der Waals surface area contributed by atoms with E-state index < -0.39 is 23.9 Å². The predicted octanol–water partition coefficient (Wildman–Crippen LogP) is -7.48. The second-order valence-electron chi connectivity index (χ2n) is 1.15. The van der Waals surface area contributed by atoms with E-state index in [1.54, 1.807) is 0 Å². The molecule has 0 fully saturated rings. The fourth-order valence-electron chi connectivity index (χ4n) is 0. The molecule has 0 amide bonds. The second-order valence-corrected chi connectivity index (χ2v) is 1.15. The van der Waals surface area contributed by atoms with Gasteiger partial charge in [0.2, 0.25) is 0 Å². The van der Waals surface area contributed by atoms with Crippen molar-refractivity contribution in [2.75, 3.05) is 0 Å². The minimum atomic E-state index is -2.19. The number of rotatable bonds is 0. The molecule has 0 aromatic heterocycles. The van der Waals surface area contributed by atoms with Crippen LogP contribution in [0.25, 0.3) is 0 Å². The average Bonchev–Trinajstić information content (AvgIpc) is 1.88. The third-order valence-electron chi connectivity index (χ3n) is 0.333. The van der Waals surface area contributed by atoms with Gasteiger partial charge in [0.25, 0.3) is 0 Å². The molecular formula is C4H6FeNO9. The number of carbonyl (C=O) groups excluding carboxylic acids is 4. The first-order chi connectivity index (χ1) is 5.29. The fraction of sp³-hybridized carbons (Fsp3) is 0. The molecule has 0 rings (SSSR count). The van der Waals surface area contributed by atoms with E-state index in [-0.39, 0.29) is 28.7 Å². The summed E-state index contributed by atoms with van der Waals surface area (Å²) >= 11 is 0. The molecule has 0 unspecified atom stereocenters. The number of hydrogen-bond donors (Lipinski definition) is 1. The first-order valence-corrected chi connectivity index (χ1v) is 2.13. The third-order valence-corrected chi connectivity index (χ3v) is 0.333. The minimum absolute atomic E-state index is 0. The van der Waals surface area contributed by atoms with Gasteiger partial charge in [-0.1, -0.05) is 0 Å². The van der Waals surface area contributed by atoms with Crippen LogP contribution in [0.4, 0.5) is 0 Å². The summed E-state index contributed by atoms with van der Waals surface area (Å²) in [6.45, 7) is 0. The normalized spacial score (nSPS) is 5.87. The summed E-state index contributed by atoms with van der Waals surface area (Å²) in [6.07, 6.45) is 0. The van der Waals surface area contributed by atoms with E-state index in [0.29, 0.717) is 0 Å². The molecule has 0 aliphatic rings. The first-order valence-electron chi connectivity index (χ1n) is 2.13. The Kier molecular flexibility index (Phi) is 28.9. The fourth-order valence-corrected chi connectivity index (χ4v) is 0. The Morgan fingerprint density at radius 1 is 0.600 bits per heavy atom. The molecule has 10 nitrogen and oxygen atoms in total. The Morgan fingerprint density at radius 3 is 0.667 bits per heavy atom. The smallest absolute Gasteiger partial charge is 0.543 e. The Labute approximate surface area is 92.9 Å². The van der Waals surface area contributed by atoms with Gasteiger partial charge in [-0.05, 0) is 0 Å². The van der Waals surface area contributed by atoms with Gasteiger partial charge < -0.3 is 51.2 Å². The minimum Gasteiger partial charge on any atom is -0.543 e. The Hall–Kier alpha value is -1.68. The van der Waals surface area contributed by atoms with Crippen molar-refractivity contribution >= 4 is 23.9 Å². The molecule has 15 heavy (non-hydrogen) atoms. The Balaban J connectivity index is -0.0000000370. The number of hydrogen-bond acceptors (Lipinski definition) is 8. The van der Waals surface area contributed by atoms with Gasteiger partial charge in [-0.2, -0.15) is 0 Å². The van der Waals surface area contributed by atoms with Gasteiger partial charge in [0.15, 0.2) is 0 Å². The zero-order valence-electron chi connectivity index (χ0n) is 7.12. The van der Waals surface area contributed by atoms with E-state index in [1.807, 2.05) is 0 Å². The van der Waals surface area contributed by atoms with Crippen molar-refractivity contribution in [2.45, 2.75) is 0 Å². The van der Waals surface area contributed by atoms with Crippen LogP contribution in [-0.2, 0) is 36.2 Å². The van der Waals surface area contributed by atoms with Gasteiger partial charge in [0.05, 0.1) is 23.9 Å². The van der Waals surface area contributed by atoms with Crippen molar-refractivity contribution in [1.29, 1.82) is 0 Å². The maximum Gasteiger partial charge on any atom is 3.00 e. The summed E-state index contributed by atoms with van der Waals surface area (Å²) in [5.41, 5.74) is 0. The van der Waals surface area contributed by atoms with Crippen LogP contribution in [0, 0.1) is 0 Å². The molecule has 1 radical (unpaired) electrons. The molecule has 0 heterocycles. The molecule has 0 aliphatic heterocycles. The van der Waals surface area contributed by atoms with E-state index in [1.165, 1.54) is 0 Å². The zero-order chi connectivity index (χ0) is 10.3. The Morgan fingerprint density at radius 2 is 0.667 bits per heavy atom. The Bertz CT molecular complexity index is 178. The largest absolute Gasteiger partial charge is 3.00 e. The summed E-state index contributed by atoms with van der Waals surface area (Å²) in [5, 5.41) is 35.7. The first kappa shape index (κ1) is 29.2. The summed E-state index contributed by atoms with van der Waals surface area (Å²) in [5.74, 6) is -8.74. The van der Waals surface area contributed by atoms with Crippen LogP contribution in [0.1, 0.15) is 0 Å². The standard InChI is InChI=1S/2C2H2O4.Fe.H3N.H2O/c2*3-1(4)2(5)6;;;/h2*(H,3,4)(H,5,6);;1H3;1H2/q;;+3;;/p-3. The van der Waals surface area contributed by atoms with Crippen molar-refractivity contribution < 1.29 is 62.1 Å². The van der Waals surface area contributed by atoms with E-state index >= 15 is 0 Å². The van der Waals surface area contributed by atoms with Crippen molar-refractivity contribution in [3.05, 3.63) is 0 Å². The monoisotopic (exact) mass is 268 g/mol. The third kappa shape index (κ3) is 32.9. The second kappa shape index (κ2) is 14.8. The van der Waals surface area contributed by atoms with E-state index in [4.69, 9.17) is 39.6 Å². The molecule has 0 saturated carbocycles. The van der Waals surface area contributed by atoms with Gasteiger partial charge in [0.1, 0.15) is 0 Å².